The van der Waals surface area contributed by atoms with E-state index in [9.17, 15) is 10.5 Å². The summed E-state index contributed by atoms with van der Waals surface area (Å²) in [4.78, 5) is 0. The molecule has 0 saturated carbocycles. The lowest BCUT2D eigenvalue weighted by atomic mass is 9.96. The van der Waals surface area contributed by atoms with Gasteiger partial charge in [0.15, 0.2) is 0 Å². The number of fused-ring (bicyclic) bond motifs is 9. The molecule has 0 bridgehead atoms. The van der Waals surface area contributed by atoms with Crippen LogP contribution < -0.4 is 5.32 Å². The first-order chi connectivity index (χ1) is 31.2. The van der Waals surface area contributed by atoms with E-state index in [1.807, 2.05) is 30.3 Å². The van der Waals surface area contributed by atoms with Gasteiger partial charge in [0.05, 0.1) is 55.8 Å². The topological polar surface area (TPSA) is 74.4 Å². The molecule has 294 valence electrons. The van der Waals surface area contributed by atoms with Crippen molar-refractivity contribution in [3.8, 4) is 40.3 Å². The molecule has 12 rings (SSSR count). The number of nitrogens with zero attached hydrogens (tertiary/aromatic N) is 5. The largest absolute Gasteiger partial charge is 0.353 e. The molecular weight excluding hydrogens is 769 g/mol. The zero-order valence-electron chi connectivity index (χ0n) is 34.2. The van der Waals surface area contributed by atoms with Crippen molar-refractivity contribution in [2.45, 2.75) is 6.92 Å². The van der Waals surface area contributed by atoms with E-state index in [2.05, 4.69) is 202 Å². The van der Waals surface area contributed by atoms with Crippen LogP contribution in [0.25, 0.3) is 93.6 Å². The van der Waals surface area contributed by atoms with Crippen molar-refractivity contribution in [3.05, 3.63) is 211 Å². The van der Waals surface area contributed by atoms with E-state index >= 15 is 0 Å². The minimum Gasteiger partial charge on any atom is -0.353 e. The SMILES string of the molecule is Cc1ccccc1-c1ccccc1Nc1c(C#N)c(-n2c3ccccc3c3ccccc32)c(-n2c3ccccc3c3ccccc32)c(-n2c3ccccc3c3ccccc32)c1C#N. The first-order valence-electron chi connectivity index (χ1n) is 21.1. The molecule has 63 heavy (non-hydrogen) atoms. The molecule has 1 N–H and O–H groups in total. The van der Waals surface area contributed by atoms with Gasteiger partial charge in [0, 0.05) is 43.6 Å². The Labute approximate surface area is 362 Å². The lowest BCUT2D eigenvalue weighted by molar-refractivity contribution is 1.04. The highest BCUT2D eigenvalue weighted by Crippen LogP contribution is 2.49. The van der Waals surface area contributed by atoms with Gasteiger partial charge in [-0.3, -0.25) is 0 Å². The molecular formula is C57H36N6. The predicted molar refractivity (Wildman–Crippen MR) is 259 cm³/mol. The van der Waals surface area contributed by atoms with Crippen LogP contribution in [0.1, 0.15) is 16.7 Å². The summed E-state index contributed by atoms with van der Waals surface area (Å²) in [5.74, 6) is 0. The van der Waals surface area contributed by atoms with E-state index in [1.165, 1.54) is 0 Å². The van der Waals surface area contributed by atoms with Crippen molar-refractivity contribution in [2.24, 2.45) is 0 Å². The molecule has 0 saturated heterocycles. The molecule has 0 unspecified atom stereocenters. The summed E-state index contributed by atoms with van der Waals surface area (Å²) < 4.78 is 6.79. The fourth-order valence-corrected chi connectivity index (χ4v) is 10.0. The highest BCUT2D eigenvalue weighted by Gasteiger charge is 2.33. The van der Waals surface area contributed by atoms with Crippen LogP contribution in [0, 0.1) is 29.6 Å². The maximum Gasteiger partial charge on any atom is 0.104 e. The van der Waals surface area contributed by atoms with Gasteiger partial charge in [-0.25, -0.2) is 0 Å². The molecule has 0 atom stereocenters. The van der Waals surface area contributed by atoms with Gasteiger partial charge in [-0.1, -0.05) is 152 Å². The average molecular weight is 805 g/mol. The molecule has 6 nitrogen and oxygen atoms in total. The fraction of sp³-hybridized carbons (Fsp3) is 0.0175. The fourth-order valence-electron chi connectivity index (χ4n) is 10.0. The van der Waals surface area contributed by atoms with E-state index in [4.69, 9.17) is 0 Å². The molecule has 12 aromatic rings. The summed E-state index contributed by atoms with van der Waals surface area (Å²) in [6, 6.07) is 72.4. The van der Waals surface area contributed by atoms with Crippen LogP contribution in [-0.2, 0) is 0 Å². The smallest absolute Gasteiger partial charge is 0.104 e. The minimum atomic E-state index is 0.346. The van der Waals surface area contributed by atoms with Crippen molar-refractivity contribution in [1.82, 2.24) is 13.7 Å². The number of anilines is 2. The molecule has 0 radical (unpaired) electrons. The normalized spacial score (nSPS) is 11.5. The first kappa shape index (κ1) is 36.0. The number of aryl methyl sites for hydroxylation is 1. The second-order valence-electron chi connectivity index (χ2n) is 16.0. The van der Waals surface area contributed by atoms with E-state index in [0.717, 1.165) is 93.5 Å². The molecule has 9 aromatic carbocycles. The maximum absolute atomic E-state index is 12.0. The average Bonchev–Trinajstić information content (AvgIpc) is 3.97. The number of aromatic nitrogens is 3. The number of rotatable bonds is 6. The highest BCUT2D eigenvalue weighted by atomic mass is 15.1. The van der Waals surface area contributed by atoms with Crippen LogP contribution in [0.3, 0.4) is 0 Å². The Morgan fingerprint density at radius 2 is 0.651 bits per heavy atom. The van der Waals surface area contributed by atoms with Gasteiger partial charge < -0.3 is 19.0 Å². The lowest BCUT2D eigenvalue weighted by Crippen LogP contribution is -2.15. The van der Waals surface area contributed by atoms with E-state index < -0.39 is 0 Å². The van der Waals surface area contributed by atoms with Crippen molar-refractivity contribution in [1.29, 1.82) is 10.5 Å². The summed E-state index contributed by atoms with van der Waals surface area (Å²) in [6.45, 7) is 2.11. The number of nitriles is 2. The predicted octanol–water partition coefficient (Wildman–Crippen LogP) is 14.4. The van der Waals surface area contributed by atoms with Gasteiger partial charge in [-0.2, -0.15) is 10.5 Å². The van der Waals surface area contributed by atoms with E-state index in [-0.39, 0.29) is 0 Å². The second kappa shape index (κ2) is 14.1. The molecule has 0 amide bonds. The van der Waals surface area contributed by atoms with Gasteiger partial charge in [-0.15, -0.1) is 0 Å². The lowest BCUT2D eigenvalue weighted by Gasteiger charge is -2.27. The van der Waals surface area contributed by atoms with Gasteiger partial charge in [-0.05, 0) is 60.5 Å². The van der Waals surface area contributed by atoms with Gasteiger partial charge in [0.1, 0.15) is 23.3 Å². The number of hydrogen-bond acceptors (Lipinski definition) is 3. The zero-order chi connectivity index (χ0) is 42.2. The second-order valence-corrected chi connectivity index (χ2v) is 16.0. The molecule has 0 fully saturated rings. The summed E-state index contributed by atoms with van der Waals surface area (Å²) in [5, 5.41) is 34.1. The molecule has 3 aromatic heterocycles. The van der Waals surface area contributed by atoms with E-state index in [0.29, 0.717) is 28.2 Å². The van der Waals surface area contributed by atoms with Gasteiger partial charge >= 0.3 is 0 Å². The highest BCUT2D eigenvalue weighted by molar-refractivity contribution is 6.15. The van der Waals surface area contributed by atoms with Crippen LogP contribution in [-0.4, -0.2) is 13.7 Å². The number of hydrogen-bond donors (Lipinski definition) is 1. The first-order valence-corrected chi connectivity index (χ1v) is 21.1. The Morgan fingerprint density at radius 3 is 1.02 bits per heavy atom. The van der Waals surface area contributed by atoms with Crippen LogP contribution >= 0.6 is 0 Å². The third-order valence-corrected chi connectivity index (χ3v) is 12.7. The molecule has 0 aliphatic carbocycles. The Hall–Kier alpha value is -8.84. The molecule has 0 spiro atoms. The Balaban J connectivity index is 1.37. The zero-order valence-corrected chi connectivity index (χ0v) is 34.2. The van der Waals surface area contributed by atoms with Crippen LogP contribution in [0.5, 0.6) is 0 Å². The summed E-state index contributed by atoms with van der Waals surface area (Å²) in [6.07, 6.45) is 0. The molecule has 6 heteroatoms. The molecule has 0 aliphatic rings. The summed E-state index contributed by atoms with van der Waals surface area (Å²) in [7, 11) is 0. The third-order valence-electron chi connectivity index (χ3n) is 12.7. The van der Waals surface area contributed by atoms with Crippen molar-refractivity contribution >= 4 is 76.8 Å². The van der Waals surface area contributed by atoms with Crippen molar-refractivity contribution in [3.63, 3.8) is 0 Å². The number of nitrogens with one attached hydrogen (secondary N) is 1. The summed E-state index contributed by atoms with van der Waals surface area (Å²) >= 11 is 0. The van der Waals surface area contributed by atoms with Crippen LogP contribution in [0.15, 0.2) is 194 Å². The van der Waals surface area contributed by atoms with E-state index in [1.54, 1.807) is 0 Å². The monoisotopic (exact) mass is 804 g/mol. The number of para-hydroxylation sites is 7. The molecule has 3 heterocycles. The summed E-state index contributed by atoms with van der Waals surface area (Å²) in [5.41, 5.74) is 12.8. The quantitative estimate of drug-likeness (QED) is 0.182. The van der Waals surface area contributed by atoms with Gasteiger partial charge in [0.25, 0.3) is 0 Å². The van der Waals surface area contributed by atoms with Gasteiger partial charge in [0.2, 0.25) is 0 Å². The van der Waals surface area contributed by atoms with Crippen LogP contribution in [0.2, 0.25) is 0 Å². The van der Waals surface area contributed by atoms with Crippen molar-refractivity contribution in [2.75, 3.05) is 5.32 Å². The Morgan fingerprint density at radius 1 is 0.349 bits per heavy atom. The maximum atomic E-state index is 12.0. The minimum absolute atomic E-state index is 0.346. The Kier molecular flexibility index (Phi) is 8.09. The third kappa shape index (κ3) is 5.23. The number of benzene rings is 9. The standard InChI is InChI=1S/C57H36N6/c1-36-18-2-3-19-37(36)38-20-4-11-27-47(38)60-54-45(34-58)55(61-48-28-12-5-21-39(48)40-22-6-13-29-49(40)61)57(63-52-32-16-9-25-43(52)44-26-10-17-33-53(44)63)56(46(54)35-59)62-50-30-14-7-23-41(50)42-24-8-15-31-51(42)62/h2-33,60H,1H3. The Bertz CT molecular complexity index is 3630. The molecule has 0 aliphatic heterocycles. The van der Waals surface area contributed by atoms with Crippen molar-refractivity contribution < 1.29 is 0 Å². The van der Waals surface area contributed by atoms with Crippen LogP contribution in [0.4, 0.5) is 11.4 Å².